The van der Waals surface area contributed by atoms with Crippen molar-refractivity contribution in [2.75, 3.05) is 13.1 Å². The lowest BCUT2D eigenvalue weighted by atomic mass is 9.92. The summed E-state index contributed by atoms with van der Waals surface area (Å²) < 4.78 is 33.4. The summed E-state index contributed by atoms with van der Waals surface area (Å²) in [6.45, 7) is 0.339. The first kappa shape index (κ1) is 20.7. The Labute approximate surface area is 176 Å². The lowest BCUT2D eigenvalue weighted by molar-refractivity contribution is -0.620. The maximum Gasteiger partial charge on any atom is 0.339 e. The van der Waals surface area contributed by atoms with E-state index in [-0.39, 0.29) is 31.4 Å². The number of hydrogen-bond donors (Lipinski definition) is 0. The van der Waals surface area contributed by atoms with Crippen molar-refractivity contribution in [1.29, 1.82) is 0 Å². The van der Waals surface area contributed by atoms with E-state index in [1.54, 1.807) is 6.07 Å². The van der Waals surface area contributed by atoms with Crippen LogP contribution in [0.1, 0.15) is 42.6 Å². The number of rotatable bonds is 5. The number of carbonyl (C=O) groups excluding carboxylic acids is 1. The van der Waals surface area contributed by atoms with E-state index in [9.17, 15) is 18.4 Å². The Morgan fingerprint density at radius 3 is 2.67 bits per heavy atom. The van der Waals surface area contributed by atoms with Gasteiger partial charge in [0.15, 0.2) is 6.61 Å². The van der Waals surface area contributed by atoms with Gasteiger partial charge in [-0.3, -0.25) is 4.79 Å². The Morgan fingerprint density at radius 2 is 1.93 bits per heavy atom. The second kappa shape index (κ2) is 8.69. The molecule has 4 rings (SSSR count). The molecule has 0 radical (unpaired) electrons. The summed E-state index contributed by atoms with van der Waals surface area (Å²) in [6, 6.07) is 6.95. The Morgan fingerprint density at radius 1 is 1.20 bits per heavy atom. The first-order valence-electron chi connectivity index (χ1n) is 10.3. The van der Waals surface area contributed by atoms with Crippen molar-refractivity contribution in [3.63, 3.8) is 0 Å². The van der Waals surface area contributed by atoms with Crippen LogP contribution in [0.15, 0.2) is 41.6 Å². The monoisotopic (exact) mass is 431 g/mol. The molecular formula is C21H25N3O5S. The number of piperidine rings is 1. The Kier molecular flexibility index (Phi) is 6.01. The molecule has 2 heterocycles. The molecule has 1 aromatic heterocycles. The molecule has 1 saturated heterocycles. The van der Waals surface area contributed by atoms with Crippen LogP contribution in [0.25, 0.3) is 0 Å². The lowest BCUT2D eigenvalue weighted by Crippen LogP contribution is -2.41. The van der Waals surface area contributed by atoms with Crippen molar-refractivity contribution in [2.24, 2.45) is 5.92 Å². The largest absolute Gasteiger partial charge is 0.711 e. The molecule has 1 aliphatic heterocycles. The van der Waals surface area contributed by atoms with Gasteiger partial charge in [0.2, 0.25) is 10.0 Å². The molecule has 0 unspecified atom stereocenters. The van der Waals surface area contributed by atoms with Gasteiger partial charge in [0.05, 0.1) is 17.0 Å². The van der Waals surface area contributed by atoms with Gasteiger partial charge < -0.3 is 9.94 Å². The summed E-state index contributed by atoms with van der Waals surface area (Å²) in [4.78, 5) is 16.6. The third kappa shape index (κ3) is 4.32. The molecule has 160 valence electrons. The van der Waals surface area contributed by atoms with Gasteiger partial charge in [-0.1, -0.05) is 6.07 Å². The van der Waals surface area contributed by atoms with Crippen molar-refractivity contribution in [3.05, 3.63) is 58.8 Å². The summed E-state index contributed by atoms with van der Waals surface area (Å²) in [7, 11) is -3.58. The lowest BCUT2D eigenvalue weighted by Gasteiger charge is -2.30. The highest BCUT2D eigenvalue weighted by molar-refractivity contribution is 7.89. The zero-order valence-electron chi connectivity index (χ0n) is 16.7. The van der Waals surface area contributed by atoms with Crippen LogP contribution in [-0.4, -0.2) is 36.8 Å². The zero-order chi connectivity index (χ0) is 21.1. The molecule has 0 amide bonds. The molecule has 2 aliphatic rings. The maximum absolute atomic E-state index is 13.1. The summed E-state index contributed by atoms with van der Waals surface area (Å²) >= 11 is 0. The molecule has 0 N–H and O–H groups in total. The predicted molar refractivity (Wildman–Crippen MR) is 108 cm³/mol. The molecule has 30 heavy (non-hydrogen) atoms. The average molecular weight is 432 g/mol. The summed E-state index contributed by atoms with van der Waals surface area (Å²) in [5, 5.41) is 11.6. The molecule has 0 saturated carbocycles. The molecule has 1 aromatic carbocycles. The van der Waals surface area contributed by atoms with Crippen LogP contribution in [0, 0.1) is 11.1 Å². The second-order valence-electron chi connectivity index (χ2n) is 7.79. The number of ether oxygens (including phenoxy) is 1. The van der Waals surface area contributed by atoms with Crippen LogP contribution in [0.4, 0.5) is 0 Å². The van der Waals surface area contributed by atoms with Gasteiger partial charge in [-0.25, -0.2) is 13.1 Å². The highest BCUT2D eigenvalue weighted by atomic mass is 32.2. The summed E-state index contributed by atoms with van der Waals surface area (Å²) in [5.74, 6) is -0.700. The minimum Gasteiger partial charge on any atom is -0.711 e. The minimum atomic E-state index is -3.58. The molecule has 8 nitrogen and oxygen atoms in total. The normalized spacial score (nSPS) is 18.0. The fraction of sp³-hybridized carbons (Fsp3) is 0.476. The van der Waals surface area contributed by atoms with Crippen LogP contribution in [0.5, 0.6) is 0 Å². The van der Waals surface area contributed by atoms with Gasteiger partial charge in [0, 0.05) is 19.2 Å². The number of benzene rings is 1. The molecule has 0 spiro atoms. The van der Waals surface area contributed by atoms with Gasteiger partial charge in [0.25, 0.3) is 0 Å². The SMILES string of the molecule is O=C(OCc1nccc[n+]1[O-])C1CCN(S(=O)(=O)c2ccc3c(c2)CCCC3)CC1. The first-order chi connectivity index (χ1) is 14.4. The van der Waals surface area contributed by atoms with Crippen LogP contribution in [0.2, 0.25) is 0 Å². The maximum atomic E-state index is 13.1. The van der Waals surface area contributed by atoms with Gasteiger partial charge in [-0.2, -0.15) is 4.31 Å². The number of carbonyl (C=O) groups is 1. The first-order valence-corrected chi connectivity index (χ1v) is 11.7. The Balaban J connectivity index is 1.35. The van der Waals surface area contributed by atoms with Crippen molar-refractivity contribution >= 4 is 16.0 Å². The van der Waals surface area contributed by atoms with Gasteiger partial charge in [-0.15, -0.1) is 0 Å². The minimum absolute atomic E-state index is 0.110. The molecule has 0 bridgehead atoms. The van der Waals surface area contributed by atoms with Gasteiger partial charge in [-0.05, 0) is 66.8 Å². The number of hydrogen-bond acceptors (Lipinski definition) is 6. The van der Waals surface area contributed by atoms with Crippen molar-refractivity contribution in [3.8, 4) is 0 Å². The van der Waals surface area contributed by atoms with Crippen LogP contribution in [0.3, 0.4) is 0 Å². The van der Waals surface area contributed by atoms with Crippen LogP contribution >= 0.6 is 0 Å². The number of fused-ring (bicyclic) bond motifs is 1. The quantitative estimate of drug-likeness (QED) is 0.406. The van der Waals surface area contributed by atoms with Crippen LogP contribution < -0.4 is 4.73 Å². The van der Waals surface area contributed by atoms with E-state index in [0.29, 0.717) is 22.5 Å². The highest BCUT2D eigenvalue weighted by Crippen LogP contribution is 2.28. The zero-order valence-corrected chi connectivity index (χ0v) is 17.5. The molecule has 1 aliphatic carbocycles. The van der Waals surface area contributed by atoms with E-state index in [0.717, 1.165) is 31.2 Å². The smallest absolute Gasteiger partial charge is 0.339 e. The van der Waals surface area contributed by atoms with E-state index in [1.165, 1.54) is 28.3 Å². The van der Waals surface area contributed by atoms with Crippen molar-refractivity contribution in [1.82, 2.24) is 9.29 Å². The van der Waals surface area contributed by atoms with E-state index < -0.39 is 16.0 Å². The van der Waals surface area contributed by atoms with Gasteiger partial charge >= 0.3 is 11.8 Å². The number of esters is 1. The van der Waals surface area contributed by atoms with E-state index in [2.05, 4.69) is 4.98 Å². The topological polar surface area (TPSA) is 104 Å². The fourth-order valence-electron chi connectivity index (χ4n) is 4.09. The molecule has 0 atom stereocenters. The molecular weight excluding hydrogens is 406 g/mol. The number of sulfonamides is 1. The number of nitrogens with zero attached hydrogens (tertiary/aromatic N) is 3. The van der Waals surface area contributed by atoms with E-state index >= 15 is 0 Å². The average Bonchev–Trinajstić information content (AvgIpc) is 2.78. The molecule has 9 heteroatoms. The Hall–Kier alpha value is -2.52. The highest BCUT2D eigenvalue weighted by Gasteiger charge is 2.33. The third-order valence-electron chi connectivity index (χ3n) is 5.87. The molecule has 2 aromatic rings. The third-order valence-corrected chi connectivity index (χ3v) is 7.77. The van der Waals surface area contributed by atoms with E-state index in [1.807, 2.05) is 12.1 Å². The predicted octanol–water partition coefficient (Wildman–Crippen LogP) is 1.74. The van der Waals surface area contributed by atoms with Crippen molar-refractivity contribution < 1.29 is 22.7 Å². The number of aromatic nitrogens is 2. The summed E-state index contributed by atoms with van der Waals surface area (Å²) in [6.07, 6.45) is 7.71. The Bertz CT molecular complexity index is 1030. The fourth-order valence-corrected chi connectivity index (χ4v) is 5.62. The van der Waals surface area contributed by atoms with E-state index in [4.69, 9.17) is 4.74 Å². The number of aryl methyl sites for hydroxylation is 2. The molecule has 1 fully saturated rings. The standard InChI is InChI=1S/C21H25N3O5S/c25-21(29-15-20-22-10-3-11-24(20)26)17-8-12-23(13-9-17)30(27,28)19-7-6-16-4-1-2-5-18(16)14-19/h3,6-7,10-11,14,17H,1-2,4-5,8-9,12-13,15H2. The second-order valence-corrected chi connectivity index (χ2v) is 9.72. The van der Waals surface area contributed by atoms with Crippen molar-refractivity contribution in [2.45, 2.75) is 50.0 Å². The van der Waals surface area contributed by atoms with Gasteiger partial charge in [0.1, 0.15) is 6.20 Å². The van der Waals surface area contributed by atoms with Crippen LogP contribution in [-0.2, 0) is 39.0 Å². The summed E-state index contributed by atoms with van der Waals surface area (Å²) in [5.41, 5.74) is 2.37.